The predicted octanol–water partition coefficient (Wildman–Crippen LogP) is 6.77. The first-order valence-corrected chi connectivity index (χ1v) is 16.2. The first kappa shape index (κ1) is 27.3. The third-order valence-corrected chi connectivity index (χ3v) is 13.0. The van der Waals surface area contributed by atoms with Gasteiger partial charge in [-0.05, 0) is 60.1 Å². The van der Waals surface area contributed by atoms with Crippen LogP contribution in [0.25, 0.3) is 10.6 Å². The van der Waals surface area contributed by atoms with Gasteiger partial charge in [-0.15, -0.1) is 11.3 Å². The van der Waals surface area contributed by atoms with Crippen molar-refractivity contribution in [1.82, 2.24) is 4.98 Å². The highest BCUT2D eigenvalue weighted by atomic mass is 35.5. The third kappa shape index (κ3) is 5.74. The van der Waals surface area contributed by atoms with Crippen LogP contribution in [0, 0.1) is 0 Å². The molecule has 1 aliphatic heterocycles. The lowest BCUT2D eigenvalue weighted by molar-refractivity contribution is 0.0696. The number of aromatic carboxylic acids is 1. The zero-order valence-electron chi connectivity index (χ0n) is 21.6. The number of carbonyl (C=O) groups is 2. The van der Waals surface area contributed by atoms with Gasteiger partial charge in [0, 0.05) is 19.2 Å². The number of hydrogen-bond donors (Lipinski definition) is 1. The third-order valence-electron chi connectivity index (χ3n) is 6.95. The number of rotatable bonds is 7. The lowest BCUT2D eigenvalue weighted by atomic mass is 10.1. The van der Waals surface area contributed by atoms with E-state index in [1.54, 1.807) is 17.2 Å². The standard InChI is InChI=1S/C27H31ClN2O5SSi/c1-27(2,3)37(4,5)35-14-12-30(20-9-8-18(26(32)33)15-19(20)28)25(31)22-16-17-10-13-34-21-7-6-11-29-23(21)24(17)36-22/h6-9,11,15-16H,10,12-14H2,1-5H3,(H,32,33). The number of amides is 1. The number of anilines is 1. The second kappa shape index (κ2) is 10.6. The number of aromatic nitrogens is 1. The highest BCUT2D eigenvalue weighted by Crippen LogP contribution is 2.40. The largest absolute Gasteiger partial charge is 0.491 e. The molecule has 0 atom stereocenters. The van der Waals surface area contributed by atoms with E-state index < -0.39 is 14.3 Å². The Morgan fingerprint density at radius 3 is 2.68 bits per heavy atom. The van der Waals surface area contributed by atoms with E-state index >= 15 is 0 Å². The molecule has 1 N–H and O–H groups in total. The van der Waals surface area contributed by atoms with Crippen LogP contribution >= 0.6 is 22.9 Å². The van der Waals surface area contributed by atoms with Gasteiger partial charge in [-0.25, -0.2) is 4.79 Å². The minimum Gasteiger partial charge on any atom is -0.491 e. The van der Waals surface area contributed by atoms with E-state index in [-0.39, 0.29) is 28.1 Å². The topological polar surface area (TPSA) is 89.0 Å². The van der Waals surface area contributed by atoms with Gasteiger partial charge >= 0.3 is 5.97 Å². The van der Waals surface area contributed by atoms with Crippen molar-refractivity contribution in [3.05, 3.63) is 63.6 Å². The molecular weight excluding hydrogens is 528 g/mol. The minimum atomic E-state index is -2.05. The molecule has 0 fully saturated rings. The molecular formula is C27H31ClN2O5SSi. The molecule has 37 heavy (non-hydrogen) atoms. The monoisotopic (exact) mass is 558 g/mol. The van der Waals surface area contributed by atoms with Crippen molar-refractivity contribution < 1.29 is 23.9 Å². The van der Waals surface area contributed by atoms with E-state index in [0.717, 1.165) is 16.1 Å². The zero-order valence-corrected chi connectivity index (χ0v) is 24.2. The van der Waals surface area contributed by atoms with Gasteiger partial charge in [0.2, 0.25) is 0 Å². The van der Waals surface area contributed by atoms with Crippen molar-refractivity contribution in [1.29, 1.82) is 0 Å². The lowest BCUT2D eigenvalue weighted by Gasteiger charge is -2.37. The van der Waals surface area contributed by atoms with Crippen LogP contribution in [0.2, 0.25) is 23.2 Å². The number of carbonyl (C=O) groups excluding carboxylic acids is 1. The molecule has 2 aromatic heterocycles. The summed E-state index contributed by atoms with van der Waals surface area (Å²) < 4.78 is 12.2. The van der Waals surface area contributed by atoms with Gasteiger partial charge in [-0.1, -0.05) is 32.4 Å². The van der Waals surface area contributed by atoms with Crippen LogP contribution in [0.1, 0.15) is 46.4 Å². The summed E-state index contributed by atoms with van der Waals surface area (Å²) in [6.45, 7) is 11.9. The van der Waals surface area contributed by atoms with Gasteiger partial charge in [-0.2, -0.15) is 0 Å². The summed E-state index contributed by atoms with van der Waals surface area (Å²) in [7, 11) is -2.05. The Kier molecular flexibility index (Phi) is 7.80. The molecule has 0 aliphatic carbocycles. The molecule has 0 spiro atoms. The van der Waals surface area contributed by atoms with Crippen LogP contribution in [0.3, 0.4) is 0 Å². The fraction of sp³-hybridized carbons (Fsp3) is 0.370. The van der Waals surface area contributed by atoms with E-state index in [4.69, 9.17) is 20.8 Å². The van der Waals surface area contributed by atoms with Crippen molar-refractivity contribution in [3.8, 4) is 16.3 Å². The van der Waals surface area contributed by atoms with Crippen molar-refractivity contribution >= 4 is 48.8 Å². The number of hydrogen-bond acceptors (Lipinski definition) is 6. The van der Waals surface area contributed by atoms with Crippen molar-refractivity contribution in [3.63, 3.8) is 0 Å². The van der Waals surface area contributed by atoms with Crippen LogP contribution < -0.4 is 9.64 Å². The lowest BCUT2D eigenvalue weighted by Crippen LogP contribution is -2.43. The highest BCUT2D eigenvalue weighted by molar-refractivity contribution is 7.17. The van der Waals surface area contributed by atoms with E-state index in [1.165, 1.54) is 23.5 Å². The average molecular weight is 559 g/mol. The molecule has 1 aromatic carbocycles. The Morgan fingerprint density at radius 1 is 1.24 bits per heavy atom. The molecule has 10 heteroatoms. The van der Waals surface area contributed by atoms with Crippen molar-refractivity contribution in [2.75, 3.05) is 24.7 Å². The molecule has 3 heterocycles. The molecule has 3 aromatic rings. The summed E-state index contributed by atoms with van der Waals surface area (Å²) in [6.07, 6.45) is 2.38. The maximum Gasteiger partial charge on any atom is 0.335 e. The van der Waals surface area contributed by atoms with Gasteiger partial charge < -0.3 is 19.2 Å². The first-order chi connectivity index (χ1) is 17.4. The predicted molar refractivity (Wildman–Crippen MR) is 150 cm³/mol. The minimum absolute atomic E-state index is 0.0242. The summed E-state index contributed by atoms with van der Waals surface area (Å²) in [6, 6.07) is 10.0. The van der Waals surface area contributed by atoms with Crippen LogP contribution in [0.4, 0.5) is 5.69 Å². The quantitative estimate of drug-likeness (QED) is 0.322. The normalized spacial score (nSPS) is 13.2. The van der Waals surface area contributed by atoms with Gasteiger partial charge in [-0.3, -0.25) is 9.78 Å². The number of nitrogens with zero attached hydrogens (tertiary/aromatic N) is 2. The zero-order chi connectivity index (χ0) is 27.0. The number of ether oxygens (including phenoxy) is 1. The van der Waals surface area contributed by atoms with Crippen molar-refractivity contribution in [2.45, 2.75) is 45.3 Å². The maximum absolute atomic E-state index is 14.0. The summed E-state index contributed by atoms with van der Waals surface area (Å²) in [5, 5.41) is 9.58. The molecule has 196 valence electrons. The smallest absolute Gasteiger partial charge is 0.335 e. The number of fused-ring (bicyclic) bond motifs is 3. The van der Waals surface area contributed by atoms with Gasteiger partial charge in [0.25, 0.3) is 5.91 Å². The molecule has 0 unspecified atom stereocenters. The summed E-state index contributed by atoms with van der Waals surface area (Å²) in [5.41, 5.74) is 2.25. The highest BCUT2D eigenvalue weighted by Gasteiger charge is 2.37. The van der Waals surface area contributed by atoms with Crippen LogP contribution in [0.15, 0.2) is 42.6 Å². The van der Waals surface area contributed by atoms with E-state index in [2.05, 4.69) is 38.8 Å². The number of benzene rings is 1. The molecule has 1 amide bonds. The SMILES string of the molecule is CC(C)(C)[Si](C)(C)OCCN(C(=O)c1cc2c(s1)-c1ncccc1OCC2)c1ccc(C(=O)O)cc1Cl. The fourth-order valence-corrected chi connectivity index (χ4v) is 6.28. The Morgan fingerprint density at radius 2 is 2.00 bits per heavy atom. The number of carboxylic acid groups (broad SMARTS) is 1. The average Bonchev–Trinajstić information content (AvgIpc) is 3.17. The number of pyridine rings is 1. The van der Waals surface area contributed by atoms with E-state index in [0.29, 0.717) is 35.9 Å². The molecule has 0 saturated carbocycles. The molecule has 1 aliphatic rings. The second-order valence-electron chi connectivity index (χ2n) is 10.5. The summed E-state index contributed by atoms with van der Waals surface area (Å²) in [4.78, 5) is 32.9. The molecule has 0 saturated heterocycles. The number of thiophene rings is 1. The fourth-order valence-electron chi connectivity index (χ4n) is 3.80. The van der Waals surface area contributed by atoms with Crippen LogP contribution in [0.5, 0.6) is 5.75 Å². The first-order valence-electron chi connectivity index (χ1n) is 12.1. The number of carboxylic acids is 1. The van der Waals surface area contributed by atoms with Crippen LogP contribution in [-0.2, 0) is 10.8 Å². The van der Waals surface area contributed by atoms with Gasteiger partial charge in [0.05, 0.1) is 39.2 Å². The van der Waals surface area contributed by atoms with Crippen molar-refractivity contribution in [2.24, 2.45) is 0 Å². The molecule has 7 nitrogen and oxygen atoms in total. The maximum atomic E-state index is 14.0. The van der Waals surface area contributed by atoms with Crippen LogP contribution in [-0.4, -0.2) is 50.0 Å². The Bertz CT molecular complexity index is 1330. The molecule has 0 bridgehead atoms. The molecule has 4 rings (SSSR count). The Labute approximate surface area is 227 Å². The van der Waals surface area contributed by atoms with Gasteiger partial charge in [0.1, 0.15) is 11.4 Å². The second-order valence-corrected chi connectivity index (χ2v) is 16.7. The number of halogens is 1. The summed E-state index contributed by atoms with van der Waals surface area (Å²) in [5.74, 6) is -0.600. The summed E-state index contributed by atoms with van der Waals surface area (Å²) >= 11 is 7.89. The van der Waals surface area contributed by atoms with E-state index in [9.17, 15) is 14.7 Å². The van der Waals surface area contributed by atoms with Gasteiger partial charge in [0.15, 0.2) is 8.32 Å². The Balaban J connectivity index is 1.69. The molecule has 0 radical (unpaired) electrons. The van der Waals surface area contributed by atoms with E-state index in [1.807, 2.05) is 18.2 Å². The Hall–Kier alpha value is -2.72.